The third-order valence-electron chi connectivity index (χ3n) is 4.30. The smallest absolute Gasteiger partial charge is 0.263 e. The number of anilines is 2. The molecule has 0 amide bonds. The first-order valence-electron chi connectivity index (χ1n) is 8.63. The van der Waals surface area contributed by atoms with Crippen molar-refractivity contribution in [3.05, 3.63) is 40.9 Å². The summed E-state index contributed by atoms with van der Waals surface area (Å²) in [4.78, 5) is 6.84. The lowest BCUT2D eigenvalue weighted by Crippen LogP contribution is -2.54. The van der Waals surface area contributed by atoms with E-state index in [2.05, 4.69) is 49.7 Å². The molecule has 1 fully saturated rings. The SMILES string of the molecule is COc1ccc(N2C[C@@H](C)N[C@@H](C)C2)nc1NS(=O)(=O)c1ccc(Br)cc1. The van der Waals surface area contributed by atoms with Gasteiger partial charge in [-0.05, 0) is 50.2 Å². The van der Waals surface area contributed by atoms with Gasteiger partial charge in [0.25, 0.3) is 10.0 Å². The molecule has 2 heterocycles. The van der Waals surface area contributed by atoms with Crippen molar-refractivity contribution in [2.24, 2.45) is 0 Å². The molecule has 9 heteroatoms. The molecule has 146 valence electrons. The highest BCUT2D eigenvalue weighted by Crippen LogP contribution is 2.29. The van der Waals surface area contributed by atoms with Gasteiger partial charge in [-0.1, -0.05) is 15.9 Å². The number of ether oxygens (including phenoxy) is 1. The van der Waals surface area contributed by atoms with Gasteiger partial charge in [-0.25, -0.2) is 13.4 Å². The van der Waals surface area contributed by atoms with E-state index in [4.69, 9.17) is 4.74 Å². The summed E-state index contributed by atoms with van der Waals surface area (Å²) < 4.78 is 34.1. The fourth-order valence-electron chi connectivity index (χ4n) is 3.16. The molecule has 0 spiro atoms. The number of benzene rings is 1. The summed E-state index contributed by atoms with van der Waals surface area (Å²) in [6, 6.07) is 10.6. The van der Waals surface area contributed by atoms with Crippen LogP contribution >= 0.6 is 15.9 Å². The largest absolute Gasteiger partial charge is 0.493 e. The number of hydrogen-bond acceptors (Lipinski definition) is 6. The summed E-state index contributed by atoms with van der Waals surface area (Å²) in [5, 5.41) is 3.47. The Hall–Kier alpha value is -1.84. The van der Waals surface area contributed by atoms with Gasteiger partial charge in [-0.15, -0.1) is 0 Å². The van der Waals surface area contributed by atoms with Gasteiger partial charge in [-0.2, -0.15) is 0 Å². The zero-order chi connectivity index (χ0) is 19.6. The van der Waals surface area contributed by atoms with Crippen LogP contribution in [0.5, 0.6) is 5.75 Å². The van der Waals surface area contributed by atoms with Crippen molar-refractivity contribution < 1.29 is 13.2 Å². The van der Waals surface area contributed by atoms with Crippen molar-refractivity contribution in [2.45, 2.75) is 30.8 Å². The quantitative estimate of drug-likeness (QED) is 0.722. The molecule has 1 aromatic carbocycles. The molecule has 0 unspecified atom stereocenters. The Bertz CT molecular complexity index is 895. The predicted molar refractivity (Wildman–Crippen MR) is 110 cm³/mol. The Morgan fingerprint density at radius 3 is 2.37 bits per heavy atom. The van der Waals surface area contributed by atoms with Crippen LogP contribution in [0.1, 0.15) is 13.8 Å². The number of nitrogens with one attached hydrogen (secondary N) is 2. The molecule has 0 radical (unpaired) electrons. The fourth-order valence-corrected chi connectivity index (χ4v) is 4.44. The van der Waals surface area contributed by atoms with Crippen LogP contribution in [0.3, 0.4) is 0 Å². The molecule has 1 aliphatic rings. The van der Waals surface area contributed by atoms with E-state index in [0.717, 1.165) is 17.6 Å². The Kier molecular flexibility index (Phi) is 5.92. The minimum atomic E-state index is -3.78. The van der Waals surface area contributed by atoms with Crippen molar-refractivity contribution in [3.63, 3.8) is 0 Å². The maximum atomic E-state index is 12.7. The number of methoxy groups -OCH3 is 1. The molecule has 0 aliphatic carbocycles. The number of aromatic nitrogens is 1. The molecule has 3 rings (SSSR count). The number of rotatable bonds is 5. The molecule has 2 N–H and O–H groups in total. The number of hydrogen-bond donors (Lipinski definition) is 2. The van der Waals surface area contributed by atoms with Crippen LogP contribution in [-0.4, -0.2) is 45.7 Å². The first-order valence-corrected chi connectivity index (χ1v) is 10.9. The lowest BCUT2D eigenvalue weighted by Gasteiger charge is -2.37. The molecular weight excluding hydrogens is 432 g/mol. The summed E-state index contributed by atoms with van der Waals surface area (Å²) in [6.07, 6.45) is 0. The second-order valence-electron chi connectivity index (χ2n) is 6.65. The zero-order valence-electron chi connectivity index (χ0n) is 15.4. The summed E-state index contributed by atoms with van der Waals surface area (Å²) in [5.41, 5.74) is 0. The number of piperazine rings is 1. The number of sulfonamides is 1. The molecular formula is C18H23BrN4O3S. The highest BCUT2D eigenvalue weighted by atomic mass is 79.9. The standard InChI is InChI=1S/C18H23BrN4O3S/c1-12-10-23(11-13(2)20-12)17-9-8-16(26-3)18(21-17)22-27(24,25)15-6-4-14(19)5-7-15/h4-9,12-13,20H,10-11H2,1-3H3,(H,21,22)/t12-,13+. The van der Waals surface area contributed by atoms with E-state index in [9.17, 15) is 8.42 Å². The Labute approximate surface area is 168 Å². The fraction of sp³-hybridized carbons (Fsp3) is 0.389. The first-order chi connectivity index (χ1) is 12.8. The van der Waals surface area contributed by atoms with Crippen molar-refractivity contribution in [3.8, 4) is 5.75 Å². The first kappa shape index (κ1) is 19.9. The highest BCUT2D eigenvalue weighted by molar-refractivity contribution is 9.10. The van der Waals surface area contributed by atoms with Crippen LogP contribution in [0.2, 0.25) is 0 Å². The van der Waals surface area contributed by atoms with E-state index in [1.807, 2.05) is 6.07 Å². The van der Waals surface area contributed by atoms with E-state index in [1.54, 1.807) is 18.2 Å². The Morgan fingerprint density at radius 2 is 1.78 bits per heavy atom. The third kappa shape index (κ3) is 4.72. The molecule has 27 heavy (non-hydrogen) atoms. The molecule has 7 nitrogen and oxygen atoms in total. The molecule has 1 aromatic heterocycles. The van der Waals surface area contributed by atoms with Gasteiger partial charge >= 0.3 is 0 Å². The van der Waals surface area contributed by atoms with E-state index in [-0.39, 0.29) is 10.7 Å². The molecule has 2 aromatic rings. The molecule has 0 saturated carbocycles. The highest BCUT2D eigenvalue weighted by Gasteiger charge is 2.24. The van der Waals surface area contributed by atoms with Crippen molar-refractivity contribution in [2.75, 3.05) is 29.8 Å². The van der Waals surface area contributed by atoms with Crippen LogP contribution < -0.4 is 19.7 Å². The van der Waals surface area contributed by atoms with Gasteiger partial charge in [0, 0.05) is 29.6 Å². The summed E-state index contributed by atoms with van der Waals surface area (Å²) in [6.45, 7) is 5.82. The zero-order valence-corrected chi connectivity index (χ0v) is 17.8. The second kappa shape index (κ2) is 8.04. The van der Waals surface area contributed by atoms with E-state index >= 15 is 0 Å². The van der Waals surface area contributed by atoms with Crippen LogP contribution in [-0.2, 0) is 10.0 Å². The molecule has 1 aliphatic heterocycles. The van der Waals surface area contributed by atoms with E-state index < -0.39 is 10.0 Å². The average molecular weight is 455 g/mol. The summed E-state index contributed by atoms with van der Waals surface area (Å²) >= 11 is 3.31. The predicted octanol–water partition coefficient (Wildman–Crippen LogP) is 2.84. The van der Waals surface area contributed by atoms with Crippen LogP contribution in [0, 0.1) is 0 Å². The maximum absolute atomic E-state index is 12.7. The minimum Gasteiger partial charge on any atom is -0.493 e. The van der Waals surface area contributed by atoms with Gasteiger partial charge in [0.1, 0.15) is 5.82 Å². The maximum Gasteiger partial charge on any atom is 0.263 e. The molecule has 0 bridgehead atoms. The van der Waals surface area contributed by atoms with Crippen molar-refractivity contribution >= 4 is 37.6 Å². The Balaban J connectivity index is 1.91. The number of halogens is 1. The lowest BCUT2D eigenvalue weighted by atomic mass is 10.1. The van der Waals surface area contributed by atoms with Crippen molar-refractivity contribution in [1.82, 2.24) is 10.3 Å². The van der Waals surface area contributed by atoms with E-state index in [0.29, 0.717) is 23.7 Å². The Morgan fingerprint density at radius 1 is 1.15 bits per heavy atom. The summed E-state index contributed by atoms with van der Waals surface area (Å²) in [7, 11) is -2.29. The topological polar surface area (TPSA) is 83.6 Å². The number of pyridine rings is 1. The molecule has 1 saturated heterocycles. The average Bonchev–Trinajstić information content (AvgIpc) is 2.61. The van der Waals surface area contributed by atoms with Gasteiger partial charge < -0.3 is 15.0 Å². The third-order valence-corrected chi connectivity index (χ3v) is 6.18. The minimum absolute atomic E-state index is 0.157. The summed E-state index contributed by atoms with van der Waals surface area (Å²) in [5.74, 6) is 1.26. The van der Waals surface area contributed by atoms with Crippen molar-refractivity contribution in [1.29, 1.82) is 0 Å². The van der Waals surface area contributed by atoms with Gasteiger partial charge in [-0.3, -0.25) is 4.72 Å². The van der Waals surface area contributed by atoms with E-state index in [1.165, 1.54) is 19.2 Å². The van der Waals surface area contributed by atoms with Gasteiger partial charge in [0.05, 0.1) is 12.0 Å². The van der Waals surface area contributed by atoms with Crippen LogP contribution in [0.25, 0.3) is 0 Å². The normalized spacial score (nSPS) is 20.4. The number of nitrogens with zero attached hydrogens (tertiary/aromatic N) is 2. The van der Waals surface area contributed by atoms with Gasteiger partial charge in [0.2, 0.25) is 0 Å². The van der Waals surface area contributed by atoms with Gasteiger partial charge in [0.15, 0.2) is 11.6 Å². The monoisotopic (exact) mass is 454 g/mol. The van der Waals surface area contributed by atoms with Crippen LogP contribution in [0.15, 0.2) is 45.8 Å². The second-order valence-corrected chi connectivity index (χ2v) is 9.25. The lowest BCUT2D eigenvalue weighted by molar-refractivity contribution is 0.403. The van der Waals surface area contributed by atoms with Crippen LogP contribution in [0.4, 0.5) is 11.6 Å². The molecule has 2 atom stereocenters.